The summed E-state index contributed by atoms with van der Waals surface area (Å²) in [7, 11) is 0. The molecule has 2 aromatic carbocycles. The first-order valence-corrected chi connectivity index (χ1v) is 8.60. The van der Waals surface area contributed by atoms with E-state index in [-0.39, 0.29) is 16.9 Å². The van der Waals surface area contributed by atoms with E-state index in [1.54, 1.807) is 29.2 Å². The molecule has 1 aliphatic carbocycles. The maximum absolute atomic E-state index is 12.0. The Bertz CT molecular complexity index is 1030. The average molecular weight is 353 g/mol. The molecule has 3 aliphatic rings. The molecule has 0 radical (unpaired) electrons. The summed E-state index contributed by atoms with van der Waals surface area (Å²) in [5.74, 6) is 0.200. The molecular weight excluding hydrogens is 334 g/mol. The molecule has 0 unspecified atom stereocenters. The van der Waals surface area contributed by atoms with Gasteiger partial charge in [-0.1, -0.05) is 50.2 Å². The summed E-state index contributed by atoms with van der Waals surface area (Å²) in [6, 6.07) is 10.7. The average Bonchev–Trinajstić information content (AvgIpc) is 2.90. The van der Waals surface area contributed by atoms with Gasteiger partial charge in [-0.3, -0.25) is 10.1 Å². The Morgan fingerprint density at radius 1 is 1.15 bits per heavy atom. The third kappa shape index (κ3) is 1.48. The molecule has 1 fully saturated rings. The molecule has 0 saturated carbocycles. The first-order chi connectivity index (χ1) is 12.2. The highest BCUT2D eigenvalue weighted by Gasteiger charge is 2.74. The van der Waals surface area contributed by atoms with Gasteiger partial charge in [0.2, 0.25) is 11.3 Å². The van der Waals surface area contributed by atoms with Crippen molar-refractivity contribution in [2.24, 2.45) is 5.41 Å². The van der Waals surface area contributed by atoms with Crippen LogP contribution in [0.4, 0.5) is 0 Å². The van der Waals surface area contributed by atoms with Gasteiger partial charge < -0.3 is 20.4 Å². The predicted octanol–water partition coefficient (Wildman–Crippen LogP) is 1.58. The van der Waals surface area contributed by atoms with Crippen LogP contribution in [-0.2, 0) is 11.3 Å². The van der Waals surface area contributed by atoms with Crippen LogP contribution in [0.25, 0.3) is 10.8 Å². The lowest BCUT2D eigenvalue weighted by Gasteiger charge is -2.46. The molecular formula is C19H19N3O4. The monoisotopic (exact) mass is 353 g/mol. The van der Waals surface area contributed by atoms with Gasteiger partial charge in [-0.2, -0.15) is 0 Å². The van der Waals surface area contributed by atoms with Crippen molar-refractivity contribution < 1.29 is 15.1 Å². The van der Waals surface area contributed by atoms with Crippen LogP contribution >= 0.6 is 0 Å². The van der Waals surface area contributed by atoms with Gasteiger partial charge in [0.15, 0.2) is 5.82 Å². The van der Waals surface area contributed by atoms with Crippen LogP contribution in [0.3, 0.4) is 0 Å². The van der Waals surface area contributed by atoms with Crippen molar-refractivity contribution in [2.45, 2.75) is 25.2 Å². The van der Waals surface area contributed by atoms with Gasteiger partial charge >= 0.3 is 5.70 Å². The standard InChI is InChI=1S/C19H19N3O4/c1-17(2)9-20-16-15(22(25)26)18(23)12-7-3-5-11-6-4-8-13(14(11)12)19(18,24)21(16)10-17/h3-8,20,23-24H,9-10H2,1-2H3/t18-,19-/m0/s1. The SMILES string of the molecule is CC1(C)CNC2=C([N+](=O)[O-])[C@@]3(O)c4cccc5cccc(c45)[C@@]3(O)N2C1. The Morgan fingerprint density at radius 2 is 1.81 bits per heavy atom. The van der Waals surface area contributed by atoms with Crippen LogP contribution < -0.4 is 5.32 Å². The summed E-state index contributed by atoms with van der Waals surface area (Å²) in [4.78, 5) is 13.0. The topological polar surface area (TPSA) is 98.9 Å². The molecule has 7 heteroatoms. The fraction of sp³-hybridized carbons (Fsp3) is 0.368. The number of nitrogens with one attached hydrogen (secondary N) is 1. The molecule has 2 aromatic rings. The van der Waals surface area contributed by atoms with Gasteiger partial charge in [0.25, 0.3) is 0 Å². The molecule has 2 heterocycles. The first-order valence-electron chi connectivity index (χ1n) is 8.60. The fourth-order valence-corrected chi connectivity index (χ4v) is 4.81. The van der Waals surface area contributed by atoms with Gasteiger partial charge in [-0.15, -0.1) is 0 Å². The molecule has 0 aromatic heterocycles. The zero-order valence-electron chi connectivity index (χ0n) is 14.5. The molecule has 0 bridgehead atoms. The molecule has 134 valence electrons. The minimum Gasteiger partial charge on any atom is -0.370 e. The van der Waals surface area contributed by atoms with Gasteiger partial charge in [-0.05, 0) is 16.2 Å². The Morgan fingerprint density at radius 3 is 2.46 bits per heavy atom. The van der Waals surface area contributed by atoms with E-state index in [4.69, 9.17) is 0 Å². The quantitative estimate of drug-likeness (QED) is 0.532. The van der Waals surface area contributed by atoms with Crippen LogP contribution in [0.5, 0.6) is 0 Å². The fourth-order valence-electron chi connectivity index (χ4n) is 4.81. The summed E-state index contributed by atoms with van der Waals surface area (Å²) < 4.78 is 0. The van der Waals surface area contributed by atoms with E-state index in [1.165, 1.54) is 0 Å². The second-order valence-corrected chi connectivity index (χ2v) is 8.15. The van der Waals surface area contributed by atoms with Crippen molar-refractivity contribution >= 4 is 10.8 Å². The molecule has 7 nitrogen and oxygen atoms in total. The Hall–Kier alpha value is -2.64. The minimum atomic E-state index is -2.14. The number of nitrogens with zero attached hydrogens (tertiary/aromatic N) is 2. The number of rotatable bonds is 1. The zero-order chi connectivity index (χ0) is 18.5. The lowest BCUT2D eigenvalue weighted by molar-refractivity contribution is -0.452. The van der Waals surface area contributed by atoms with Crippen molar-refractivity contribution in [3.05, 3.63) is 69.2 Å². The van der Waals surface area contributed by atoms with Crippen LogP contribution in [0.2, 0.25) is 0 Å². The van der Waals surface area contributed by atoms with E-state index in [2.05, 4.69) is 5.32 Å². The Balaban J connectivity index is 1.90. The lowest BCUT2D eigenvalue weighted by atomic mass is 9.85. The van der Waals surface area contributed by atoms with Crippen LogP contribution in [0.1, 0.15) is 25.0 Å². The molecule has 3 N–H and O–H groups in total. The summed E-state index contributed by atoms with van der Waals surface area (Å²) in [6.45, 7) is 4.95. The number of hydrogen-bond donors (Lipinski definition) is 3. The number of nitro groups is 1. The largest absolute Gasteiger partial charge is 0.370 e. The third-order valence-electron chi connectivity index (χ3n) is 5.91. The maximum atomic E-state index is 12.0. The summed E-state index contributed by atoms with van der Waals surface area (Å²) in [5, 5.41) is 40.2. The number of benzene rings is 2. The predicted molar refractivity (Wildman–Crippen MR) is 94.3 cm³/mol. The van der Waals surface area contributed by atoms with E-state index >= 15 is 0 Å². The second-order valence-electron chi connectivity index (χ2n) is 8.15. The molecule has 2 aliphatic heterocycles. The molecule has 0 spiro atoms. The minimum absolute atomic E-state index is 0.200. The summed E-state index contributed by atoms with van der Waals surface area (Å²) in [6.07, 6.45) is 0. The summed E-state index contributed by atoms with van der Waals surface area (Å²) >= 11 is 0. The zero-order valence-corrected chi connectivity index (χ0v) is 14.5. The van der Waals surface area contributed by atoms with E-state index < -0.39 is 16.2 Å². The van der Waals surface area contributed by atoms with E-state index in [0.717, 1.165) is 5.39 Å². The van der Waals surface area contributed by atoms with Crippen molar-refractivity contribution in [1.29, 1.82) is 0 Å². The number of fused-ring (bicyclic) bond motifs is 5. The van der Waals surface area contributed by atoms with Gasteiger partial charge in [0.05, 0.1) is 4.92 Å². The Kier molecular flexibility index (Phi) is 2.62. The lowest BCUT2D eigenvalue weighted by Crippen LogP contribution is -2.59. The van der Waals surface area contributed by atoms with Crippen molar-refractivity contribution in [3.63, 3.8) is 0 Å². The van der Waals surface area contributed by atoms with E-state index in [1.807, 2.05) is 26.0 Å². The molecule has 0 amide bonds. The molecule has 2 atom stereocenters. The highest BCUT2D eigenvalue weighted by atomic mass is 16.6. The van der Waals surface area contributed by atoms with Gasteiger partial charge in [0, 0.05) is 24.2 Å². The van der Waals surface area contributed by atoms with Crippen LogP contribution in [-0.4, -0.2) is 33.1 Å². The smallest absolute Gasteiger partial charge is 0.327 e. The van der Waals surface area contributed by atoms with Crippen LogP contribution in [0, 0.1) is 15.5 Å². The van der Waals surface area contributed by atoms with Gasteiger partial charge in [-0.25, -0.2) is 0 Å². The van der Waals surface area contributed by atoms with E-state index in [0.29, 0.717) is 29.6 Å². The normalized spacial score (nSPS) is 31.0. The molecule has 1 saturated heterocycles. The maximum Gasteiger partial charge on any atom is 0.327 e. The highest BCUT2D eigenvalue weighted by Crippen LogP contribution is 2.62. The highest BCUT2D eigenvalue weighted by molar-refractivity contribution is 5.94. The number of aliphatic hydroxyl groups is 2. The van der Waals surface area contributed by atoms with Crippen molar-refractivity contribution in [3.8, 4) is 0 Å². The second kappa shape index (κ2) is 4.36. The Labute approximate surface area is 149 Å². The summed E-state index contributed by atoms with van der Waals surface area (Å²) in [5.41, 5.74) is -3.79. The molecule has 5 rings (SSSR count). The first kappa shape index (κ1) is 15.6. The number of hydrogen-bond acceptors (Lipinski definition) is 6. The third-order valence-corrected chi connectivity index (χ3v) is 5.91. The van der Waals surface area contributed by atoms with Crippen molar-refractivity contribution in [2.75, 3.05) is 13.1 Å². The van der Waals surface area contributed by atoms with Crippen molar-refractivity contribution in [1.82, 2.24) is 10.2 Å². The van der Waals surface area contributed by atoms with Gasteiger partial charge in [0.1, 0.15) is 0 Å². The van der Waals surface area contributed by atoms with Crippen LogP contribution in [0.15, 0.2) is 47.9 Å². The van der Waals surface area contributed by atoms with E-state index in [9.17, 15) is 20.3 Å². The molecule has 26 heavy (non-hydrogen) atoms.